The van der Waals surface area contributed by atoms with Gasteiger partial charge in [-0.1, -0.05) is 0 Å². The SMILES string of the molecule is O=C(O)/C(F)=C/c1ccns1. The van der Waals surface area contributed by atoms with Crippen LogP contribution in [0.4, 0.5) is 4.39 Å². The number of hydrogen-bond acceptors (Lipinski definition) is 3. The molecule has 0 radical (unpaired) electrons. The third-order valence-electron chi connectivity index (χ3n) is 0.931. The quantitative estimate of drug-likeness (QED) is 0.690. The summed E-state index contributed by atoms with van der Waals surface area (Å²) in [6.45, 7) is 0. The van der Waals surface area contributed by atoms with Gasteiger partial charge in [0, 0.05) is 12.3 Å². The third kappa shape index (κ3) is 2.12. The molecule has 0 saturated carbocycles. The predicted octanol–water partition coefficient (Wildman–Crippen LogP) is 1.54. The summed E-state index contributed by atoms with van der Waals surface area (Å²) in [5, 5.41) is 8.12. The fraction of sp³-hybridized carbons (Fsp3) is 0. The first-order valence-corrected chi connectivity index (χ1v) is 3.48. The van der Waals surface area contributed by atoms with Gasteiger partial charge in [0.05, 0.1) is 4.88 Å². The first kappa shape index (κ1) is 7.87. The van der Waals surface area contributed by atoms with E-state index >= 15 is 0 Å². The summed E-state index contributed by atoms with van der Waals surface area (Å²) in [6, 6.07) is 1.53. The maximum Gasteiger partial charge on any atom is 0.364 e. The minimum atomic E-state index is -1.56. The summed E-state index contributed by atoms with van der Waals surface area (Å²) in [6.07, 6.45) is 2.41. The van der Waals surface area contributed by atoms with Gasteiger partial charge in [-0.2, -0.15) is 4.39 Å². The van der Waals surface area contributed by atoms with Crippen molar-refractivity contribution in [3.63, 3.8) is 0 Å². The van der Waals surface area contributed by atoms with Crippen molar-refractivity contribution in [1.82, 2.24) is 4.37 Å². The molecule has 0 atom stereocenters. The van der Waals surface area contributed by atoms with Crippen molar-refractivity contribution < 1.29 is 14.3 Å². The van der Waals surface area contributed by atoms with Gasteiger partial charge >= 0.3 is 5.97 Å². The van der Waals surface area contributed by atoms with E-state index in [2.05, 4.69) is 4.37 Å². The van der Waals surface area contributed by atoms with Crippen LogP contribution in [-0.2, 0) is 4.79 Å². The Morgan fingerprint density at radius 1 is 1.82 bits per heavy atom. The molecule has 1 heterocycles. The van der Waals surface area contributed by atoms with Gasteiger partial charge in [0.25, 0.3) is 0 Å². The molecule has 1 aromatic rings. The number of halogens is 1. The zero-order chi connectivity index (χ0) is 8.27. The molecule has 1 N–H and O–H groups in total. The molecule has 0 aromatic carbocycles. The highest BCUT2D eigenvalue weighted by molar-refractivity contribution is 7.06. The van der Waals surface area contributed by atoms with Gasteiger partial charge in [-0.05, 0) is 17.6 Å². The van der Waals surface area contributed by atoms with E-state index in [9.17, 15) is 9.18 Å². The first-order chi connectivity index (χ1) is 5.20. The Bertz CT molecular complexity index is 281. The van der Waals surface area contributed by atoms with Crippen LogP contribution in [0.2, 0.25) is 0 Å². The van der Waals surface area contributed by atoms with Crippen molar-refractivity contribution in [2.45, 2.75) is 0 Å². The molecular formula is C6H4FNO2S. The number of aliphatic carboxylic acids is 1. The predicted molar refractivity (Wildman–Crippen MR) is 38.8 cm³/mol. The number of carbonyl (C=O) groups is 1. The van der Waals surface area contributed by atoms with Gasteiger partial charge < -0.3 is 5.11 Å². The van der Waals surface area contributed by atoms with E-state index in [1.54, 1.807) is 0 Å². The third-order valence-corrected chi connectivity index (χ3v) is 1.62. The van der Waals surface area contributed by atoms with Gasteiger partial charge in [0.1, 0.15) is 0 Å². The van der Waals surface area contributed by atoms with Crippen LogP contribution in [0.5, 0.6) is 0 Å². The van der Waals surface area contributed by atoms with Crippen LogP contribution in [0.15, 0.2) is 18.1 Å². The van der Waals surface area contributed by atoms with E-state index in [4.69, 9.17) is 5.11 Å². The molecule has 1 aromatic heterocycles. The Morgan fingerprint density at radius 3 is 3.00 bits per heavy atom. The number of carboxylic acid groups (broad SMARTS) is 1. The summed E-state index contributed by atoms with van der Waals surface area (Å²) in [5.41, 5.74) is 0. The largest absolute Gasteiger partial charge is 0.476 e. The molecule has 0 unspecified atom stereocenters. The van der Waals surface area contributed by atoms with Crippen LogP contribution in [0, 0.1) is 0 Å². The van der Waals surface area contributed by atoms with Crippen molar-refractivity contribution in [1.29, 1.82) is 0 Å². The van der Waals surface area contributed by atoms with Gasteiger partial charge in [0.2, 0.25) is 5.83 Å². The van der Waals surface area contributed by atoms with Crippen molar-refractivity contribution >= 4 is 23.6 Å². The number of carboxylic acids is 1. The molecule has 0 amide bonds. The van der Waals surface area contributed by atoms with Gasteiger partial charge in [0.15, 0.2) is 0 Å². The highest BCUT2D eigenvalue weighted by Crippen LogP contribution is 2.11. The zero-order valence-electron chi connectivity index (χ0n) is 5.32. The van der Waals surface area contributed by atoms with Crippen LogP contribution < -0.4 is 0 Å². The van der Waals surface area contributed by atoms with E-state index in [0.29, 0.717) is 4.88 Å². The van der Waals surface area contributed by atoms with Gasteiger partial charge in [-0.15, -0.1) is 0 Å². The Kier molecular flexibility index (Phi) is 2.32. The molecule has 58 valence electrons. The Hall–Kier alpha value is -1.23. The van der Waals surface area contributed by atoms with Crippen molar-refractivity contribution in [2.24, 2.45) is 0 Å². The summed E-state index contributed by atoms with van der Waals surface area (Å²) in [7, 11) is 0. The van der Waals surface area contributed by atoms with E-state index in [0.717, 1.165) is 17.6 Å². The molecule has 1 rings (SSSR count). The summed E-state index contributed by atoms with van der Waals surface area (Å²) < 4.78 is 16.0. The highest BCUT2D eigenvalue weighted by atomic mass is 32.1. The van der Waals surface area contributed by atoms with Crippen LogP contribution in [0.1, 0.15) is 4.88 Å². The summed E-state index contributed by atoms with van der Waals surface area (Å²) in [4.78, 5) is 10.5. The lowest BCUT2D eigenvalue weighted by Gasteiger charge is -1.84. The summed E-state index contributed by atoms with van der Waals surface area (Å²) in [5.74, 6) is -2.73. The Morgan fingerprint density at radius 2 is 2.55 bits per heavy atom. The maximum atomic E-state index is 12.3. The second kappa shape index (κ2) is 3.25. The molecule has 0 bridgehead atoms. The van der Waals surface area contributed by atoms with Gasteiger partial charge in [-0.3, -0.25) is 0 Å². The van der Waals surface area contributed by atoms with Crippen molar-refractivity contribution in [3.8, 4) is 0 Å². The van der Waals surface area contributed by atoms with Crippen LogP contribution in [-0.4, -0.2) is 15.4 Å². The lowest BCUT2D eigenvalue weighted by atomic mass is 10.4. The lowest BCUT2D eigenvalue weighted by molar-refractivity contribution is -0.134. The minimum absolute atomic E-state index is 0.491. The average molecular weight is 173 g/mol. The van der Waals surface area contributed by atoms with E-state index in [1.165, 1.54) is 12.3 Å². The second-order valence-electron chi connectivity index (χ2n) is 1.71. The van der Waals surface area contributed by atoms with Crippen LogP contribution >= 0.6 is 11.5 Å². The number of nitrogens with zero attached hydrogens (tertiary/aromatic N) is 1. The standard InChI is InChI=1S/C6H4FNO2S/c7-5(6(9)10)3-4-1-2-8-11-4/h1-3H,(H,9,10)/b5-3-. The van der Waals surface area contributed by atoms with Crippen molar-refractivity contribution in [3.05, 3.63) is 23.0 Å². The molecule has 0 aliphatic carbocycles. The smallest absolute Gasteiger partial charge is 0.364 e. The second-order valence-corrected chi connectivity index (χ2v) is 2.58. The van der Waals surface area contributed by atoms with E-state index in [-0.39, 0.29) is 0 Å². The number of hydrogen-bond donors (Lipinski definition) is 1. The number of rotatable bonds is 2. The molecule has 11 heavy (non-hydrogen) atoms. The van der Waals surface area contributed by atoms with Gasteiger partial charge in [-0.25, -0.2) is 9.17 Å². The molecular weight excluding hydrogens is 169 g/mol. The topological polar surface area (TPSA) is 50.2 Å². The molecule has 0 fully saturated rings. The monoisotopic (exact) mass is 173 g/mol. The van der Waals surface area contributed by atoms with E-state index < -0.39 is 11.8 Å². The molecule has 0 aliphatic heterocycles. The van der Waals surface area contributed by atoms with Crippen LogP contribution in [0.25, 0.3) is 6.08 Å². The molecule has 0 saturated heterocycles. The summed E-state index contributed by atoms with van der Waals surface area (Å²) >= 11 is 1.04. The molecule has 0 aliphatic rings. The fourth-order valence-electron chi connectivity index (χ4n) is 0.487. The molecule has 0 spiro atoms. The van der Waals surface area contributed by atoms with E-state index in [1.807, 2.05) is 0 Å². The van der Waals surface area contributed by atoms with Crippen molar-refractivity contribution in [2.75, 3.05) is 0 Å². The highest BCUT2D eigenvalue weighted by Gasteiger charge is 2.04. The minimum Gasteiger partial charge on any atom is -0.476 e. The zero-order valence-corrected chi connectivity index (χ0v) is 6.14. The molecule has 3 nitrogen and oxygen atoms in total. The fourth-order valence-corrected chi connectivity index (χ4v) is 1.01. The van der Waals surface area contributed by atoms with Crippen LogP contribution in [0.3, 0.4) is 0 Å². The normalized spacial score (nSPS) is 11.5. The number of aromatic nitrogens is 1. The average Bonchev–Trinajstić information content (AvgIpc) is 2.39. The molecule has 5 heteroatoms. The Labute approximate surface area is 66.0 Å². The first-order valence-electron chi connectivity index (χ1n) is 2.71. The maximum absolute atomic E-state index is 12.3. The lowest BCUT2D eigenvalue weighted by Crippen LogP contribution is -1.93. The Balaban J connectivity index is 2.82.